The lowest BCUT2D eigenvalue weighted by atomic mass is 9.88. The van der Waals surface area contributed by atoms with Gasteiger partial charge in [0.05, 0.1) is 13.1 Å². The van der Waals surface area contributed by atoms with Crippen LogP contribution in [0.5, 0.6) is 0 Å². The molecule has 0 saturated heterocycles. The van der Waals surface area contributed by atoms with Crippen molar-refractivity contribution in [3.63, 3.8) is 0 Å². The van der Waals surface area contributed by atoms with E-state index in [1.54, 1.807) is 0 Å². The van der Waals surface area contributed by atoms with Gasteiger partial charge in [0.15, 0.2) is 0 Å². The Morgan fingerprint density at radius 1 is 0.667 bits per heavy atom. The Morgan fingerprint density at radius 3 is 1.63 bits per heavy atom. The molecule has 0 fully saturated rings. The Labute approximate surface area is 175 Å². The predicted molar refractivity (Wildman–Crippen MR) is 103 cm³/mol. The molecule has 0 radical (unpaired) electrons. The van der Waals surface area contributed by atoms with E-state index < -0.39 is 0 Å². The minimum absolute atomic E-state index is 0. The molecule has 0 saturated carbocycles. The van der Waals surface area contributed by atoms with Crippen LogP contribution in [0.1, 0.15) is 34.6 Å². The van der Waals surface area contributed by atoms with Gasteiger partial charge in [0.2, 0.25) is 0 Å². The van der Waals surface area contributed by atoms with E-state index in [9.17, 15) is 0 Å². The first kappa shape index (κ1) is 23.2. The summed E-state index contributed by atoms with van der Waals surface area (Å²) in [5, 5.41) is 2.41. The van der Waals surface area contributed by atoms with E-state index in [1.807, 2.05) is 0 Å². The molecule has 3 aromatic rings. The van der Waals surface area contributed by atoms with Gasteiger partial charge in [-0.25, -0.2) is 0 Å². The maximum atomic E-state index is 3.93. The predicted octanol–water partition coefficient (Wildman–Crippen LogP) is -3.28. The highest BCUT2D eigenvalue weighted by Crippen LogP contribution is 2.26. The summed E-state index contributed by atoms with van der Waals surface area (Å²) in [5.74, 6) is 0.465. The summed E-state index contributed by atoms with van der Waals surface area (Å²) < 4.78 is 0. The topological polar surface area (TPSA) is 44.2 Å². The van der Waals surface area contributed by atoms with Gasteiger partial charge in [0.25, 0.3) is 0 Å². The van der Waals surface area contributed by atoms with Gasteiger partial charge in [-0.05, 0) is 11.1 Å². The molecule has 0 spiro atoms. The summed E-state index contributed by atoms with van der Waals surface area (Å²) in [5.41, 5.74) is 9.42. The standard InChI is InChI=1S/C23H26N2.2ClH/c24-17-19-11-13-20(14-12-19)18-25-16-15-23(21-7-3-1-4-8-21)22-9-5-2-6-10-22;;/h1-14,23,25H,15-18,24H2;2*1H. The van der Waals surface area contributed by atoms with E-state index in [0.717, 1.165) is 26.1 Å². The third-order valence-corrected chi connectivity index (χ3v) is 4.76. The number of benzene rings is 3. The minimum Gasteiger partial charge on any atom is -1.00 e. The number of nitrogens with two attached hydrogens (primary N) is 1. The second kappa shape index (κ2) is 12.5. The summed E-state index contributed by atoms with van der Waals surface area (Å²) >= 11 is 0. The SMILES string of the molecule is [Cl-].[Cl-].[NH3+]Cc1ccc(C[NH2+]CCC(c2ccccc2)c2ccccc2)cc1. The maximum Gasteiger partial charge on any atom is 0.101 e. The number of halogens is 2. The van der Waals surface area contributed by atoms with Gasteiger partial charge in [-0.1, -0.05) is 84.9 Å². The molecule has 5 N–H and O–H groups in total. The summed E-state index contributed by atoms with van der Waals surface area (Å²) in [6.07, 6.45) is 1.14. The Morgan fingerprint density at radius 2 is 1.15 bits per heavy atom. The quantitative estimate of drug-likeness (QED) is 0.371. The maximum absolute atomic E-state index is 3.93. The van der Waals surface area contributed by atoms with Gasteiger partial charge >= 0.3 is 0 Å². The van der Waals surface area contributed by atoms with E-state index in [1.165, 1.54) is 22.3 Å². The zero-order chi connectivity index (χ0) is 17.3. The Bertz CT molecular complexity index is 707. The highest BCUT2D eigenvalue weighted by Gasteiger charge is 2.14. The van der Waals surface area contributed by atoms with Crippen LogP contribution in [0.4, 0.5) is 0 Å². The summed E-state index contributed by atoms with van der Waals surface area (Å²) in [6, 6.07) is 30.5. The molecule has 0 unspecified atom stereocenters. The van der Waals surface area contributed by atoms with E-state index in [0.29, 0.717) is 5.92 Å². The Balaban J connectivity index is 0.00000182. The van der Waals surface area contributed by atoms with Crippen molar-refractivity contribution in [3.8, 4) is 0 Å². The van der Waals surface area contributed by atoms with E-state index in [-0.39, 0.29) is 24.8 Å². The summed E-state index contributed by atoms with van der Waals surface area (Å²) in [6.45, 7) is 3.01. The highest BCUT2D eigenvalue weighted by atomic mass is 35.5. The third kappa shape index (κ3) is 7.00. The van der Waals surface area contributed by atoms with Crippen molar-refractivity contribution in [2.24, 2.45) is 0 Å². The Hall–Kier alpha value is -1.84. The number of quaternary nitrogens is 2. The van der Waals surface area contributed by atoms with Gasteiger partial charge < -0.3 is 35.9 Å². The molecule has 0 aromatic heterocycles. The fourth-order valence-corrected chi connectivity index (χ4v) is 3.29. The van der Waals surface area contributed by atoms with Crippen LogP contribution in [0.25, 0.3) is 0 Å². The molecule has 0 amide bonds. The van der Waals surface area contributed by atoms with Crippen molar-refractivity contribution < 1.29 is 35.9 Å². The molecule has 3 aromatic carbocycles. The van der Waals surface area contributed by atoms with Crippen molar-refractivity contribution in [1.82, 2.24) is 0 Å². The van der Waals surface area contributed by atoms with Crippen LogP contribution in [0.3, 0.4) is 0 Å². The smallest absolute Gasteiger partial charge is 0.101 e. The van der Waals surface area contributed by atoms with Crippen LogP contribution in [-0.4, -0.2) is 6.54 Å². The monoisotopic (exact) mass is 402 g/mol. The molecule has 144 valence electrons. The largest absolute Gasteiger partial charge is 1.00 e. The van der Waals surface area contributed by atoms with Crippen LogP contribution >= 0.6 is 0 Å². The zero-order valence-electron chi connectivity index (χ0n) is 15.5. The van der Waals surface area contributed by atoms with Crippen molar-refractivity contribution in [1.29, 1.82) is 0 Å². The second-order valence-corrected chi connectivity index (χ2v) is 6.51. The van der Waals surface area contributed by atoms with Crippen LogP contribution in [0, 0.1) is 0 Å². The van der Waals surface area contributed by atoms with Crippen molar-refractivity contribution >= 4 is 0 Å². The fraction of sp³-hybridized carbons (Fsp3) is 0.217. The summed E-state index contributed by atoms with van der Waals surface area (Å²) in [4.78, 5) is 0. The molecule has 0 aliphatic carbocycles. The van der Waals surface area contributed by atoms with Gasteiger partial charge in [-0.15, -0.1) is 0 Å². The average Bonchev–Trinajstić information content (AvgIpc) is 2.70. The van der Waals surface area contributed by atoms with Gasteiger partial charge in [0, 0.05) is 23.5 Å². The highest BCUT2D eigenvalue weighted by molar-refractivity contribution is 5.32. The third-order valence-electron chi connectivity index (χ3n) is 4.76. The molecular formula is C23H28Cl2N2. The van der Waals surface area contributed by atoms with E-state index >= 15 is 0 Å². The first-order valence-electron chi connectivity index (χ1n) is 9.15. The van der Waals surface area contributed by atoms with Crippen molar-refractivity contribution in [2.75, 3.05) is 6.54 Å². The van der Waals surface area contributed by atoms with Gasteiger partial charge in [-0.2, -0.15) is 0 Å². The lowest BCUT2D eigenvalue weighted by Gasteiger charge is -2.17. The summed E-state index contributed by atoms with van der Waals surface area (Å²) in [7, 11) is 0. The van der Waals surface area contributed by atoms with Crippen molar-refractivity contribution in [3.05, 3.63) is 107 Å². The molecule has 0 heterocycles. The molecule has 4 heteroatoms. The lowest BCUT2D eigenvalue weighted by Crippen LogP contribution is -3.00. The van der Waals surface area contributed by atoms with E-state index in [2.05, 4.69) is 96.0 Å². The van der Waals surface area contributed by atoms with Crippen LogP contribution < -0.4 is 35.9 Å². The lowest BCUT2D eigenvalue weighted by molar-refractivity contribution is -0.671. The van der Waals surface area contributed by atoms with Crippen LogP contribution in [0.2, 0.25) is 0 Å². The molecule has 0 atom stereocenters. The Kier molecular flexibility index (Phi) is 10.8. The van der Waals surface area contributed by atoms with E-state index in [4.69, 9.17) is 0 Å². The van der Waals surface area contributed by atoms with Crippen molar-refractivity contribution in [2.45, 2.75) is 25.4 Å². The molecule has 2 nitrogen and oxygen atoms in total. The fourth-order valence-electron chi connectivity index (χ4n) is 3.29. The average molecular weight is 403 g/mol. The zero-order valence-corrected chi connectivity index (χ0v) is 17.0. The number of hydrogen-bond acceptors (Lipinski definition) is 0. The van der Waals surface area contributed by atoms with Crippen LogP contribution in [-0.2, 0) is 13.1 Å². The van der Waals surface area contributed by atoms with Crippen LogP contribution in [0.15, 0.2) is 84.9 Å². The number of hydrogen-bond donors (Lipinski definition) is 2. The molecule has 3 rings (SSSR count). The van der Waals surface area contributed by atoms with Gasteiger partial charge in [-0.3, -0.25) is 0 Å². The normalized spacial score (nSPS) is 10.1. The molecule has 27 heavy (non-hydrogen) atoms. The second-order valence-electron chi connectivity index (χ2n) is 6.51. The van der Waals surface area contributed by atoms with Gasteiger partial charge in [0.1, 0.15) is 6.54 Å². The first-order chi connectivity index (χ1) is 12.4. The first-order valence-corrected chi connectivity index (χ1v) is 9.15. The molecule has 0 bridgehead atoms. The molecule has 0 aliphatic heterocycles. The molecule has 0 aliphatic rings. The number of rotatable bonds is 8. The minimum atomic E-state index is 0. The molecular weight excluding hydrogens is 375 g/mol.